The van der Waals surface area contributed by atoms with Crippen LogP contribution in [0.1, 0.15) is 40.5 Å². The van der Waals surface area contributed by atoms with E-state index in [4.69, 9.17) is 0 Å². The van der Waals surface area contributed by atoms with Crippen LogP contribution in [0.5, 0.6) is 0 Å². The highest BCUT2D eigenvalue weighted by Crippen LogP contribution is 2.23. The molecule has 1 atom stereocenters. The number of carbonyl (C=O) groups is 1. The van der Waals surface area contributed by atoms with Crippen molar-refractivity contribution in [2.75, 3.05) is 38.1 Å². The van der Waals surface area contributed by atoms with Crippen molar-refractivity contribution in [2.45, 2.75) is 26.6 Å². The number of benzene rings is 1. The Morgan fingerprint density at radius 1 is 1.18 bits per heavy atom. The van der Waals surface area contributed by atoms with Gasteiger partial charge in [-0.2, -0.15) is 0 Å². The Morgan fingerprint density at radius 3 is 2.55 bits per heavy atom. The lowest BCUT2D eigenvalue weighted by Gasteiger charge is -2.36. The van der Waals surface area contributed by atoms with Crippen LogP contribution in [0.2, 0.25) is 0 Å². The van der Waals surface area contributed by atoms with Gasteiger partial charge < -0.3 is 15.2 Å². The van der Waals surface area contributed by atoms with Crippen molar-refractivity contribution in [3.8, 4) is 0 Å². The standard InChI is InChI=1S/C23H26F2N6O2/c1-13(24)20-23(33)29-21-16(28-20)5-4-15(19(21)25)12-30-8-10-31(11-9-30)18-7-6-17(22(32)26-3)27-14(18)2/h4-7,13H,8-12H2,1-3H3,(H,26,32)(H,29,33)/t13-/m1/s1. The van der Waals surface area contributed by atoms with Crippen LogP contribution in [-0.2, 0) is 6.54 Å². The molecule has 33 heavy (non-hydrogen) atoms. The second-order valence-corrected chi connectivity index (χ2v) is 8.14. The van der Waals surface area contributed by atoms with Gasteiger partial charge in [-0.1, -0.05) is 6.07 Å². The Hall–Kier alpha value is -3.40. The monoisotopic (exact) mass is 456 g/mol. The molecular formula is C23H26F2N6O2. The van der Waals surface area contributed by atoms with Crippen LogP contribution in [0.3, 0.4) is 0 Å². The van der Waals surface area contributed by atoms with Crippen molar-refractivity contribution in [3.63, 3.8) is 0 Å². The molecule has 0 spiro atoms. The lowest BCUT2D eigenvalue weighted by Crippen LogP contribution is -2.46. The zero-order valence-corrected chi connectivity index (χ0v) is 18.8. The van der Waals surface area contributed by atoms with E-state index in [0.717, 1.165) is 24.5 Å². The summed E-state index contributed by atoms with van der Waals surface area (Å²) in [5, 5.41) is 2.57. The summed E-state index contributed by atoms with van der Waals surface area (Å²) in [6, 6.07) is 6.85. The molecular weight excluding hydrogens is 430 g/mol. The predicted octanol–water partition coefficient (Wildman–Crippen LogP) is 2.48. The third kappa shape index (κ3) is 4.56. The smallest absolute Gasteiger partial charge is 0.273 e. The number of piperazine rings is 1. The van der Waals surface area contributed by atoms with Crippen molar-refractivity contribution in [1.29, 1.82) is 0 Å². The van der Waals surface area contributed by atoms with Gasteiger partial charge in [-0.15, -0.1) is 0 Å². The quantitative estimate of drug-likeness (QED) is 0.613. The molecule has 0 radical (unpaired) electrons. The van der Waals surface area contributed by atoms with Gasteiger partial charge in [0, 0.05) is 45.3 Å². The molecule has 0 saturated carbocycles. The Kier molecular flexibility index (Phi) is 6.37. The molecule has 1 fully saturated rings. The number of amides is 1. The van der Waals surface area contributed by atoms with Crippen LogP contribution in [-0.4, -0.2) is 59.0 Å². The van der Waals surface area contributed by atoms with Crippen molar-refractivity contribution >= 4 is 22.6 Å². The van der Waals surface area contributed by atoms with Crippen LogP contribution in [0, 0.1) is 12.7 Å². The normalized spacial score (nSPS) is 15.6. The molecule has 1 aliphatic heterocycles. The maximum atomic E-state index is 15.1. The molecule has 3 aromatic rings. The zero-order valence-electron chi connectivity index (χ0n) is 18.8. The summed E-state index contributed by atoms with van der Waals surface area (Å²) < 4.78 is 28.6. The first-order valence-electron chi connectivity index (χ1n) is 10.8. The molecule has 8 nitrogen and oxygen atoms in total. The molecule has 10 heteroatoms. The average molecular weight is 456 g/mol. The van der Waals surface area contributed by atoms with Gasteiger partial charge in [0.15, 0.2) is 5.82 Å². The van der Waals surface area contributed by atoms with Crippen LogP contribution in [0.25, 0.3) is 11.0 Å². The van der Waals surface area contributed by atoms with Gasteiger partial charge in [0.25, 0.3) is 11.5 Å². The van der Waals surface area contributed by atoms with E-state index in [1.165, 1.54) is 6.92 Å². The number of aromatic nitrogens is 3. The number of alkyl halides is 1. The SMILES string of the molecule is CNC(=O)c1ccc(N2CCN(Cc3ccc4nc([C@@H](C)F)c(=O)[nH]c4c3F)CC2)c(C)n1. The summed E-state index contributed by atoms with van der Waals surface area (Å²) >= 11 is 0. The van der Waals surface area contributed by atoms with E-state index in [2.05, 4.69) is 30.1 Å². The number of aromatic amines is 1. The van der Waals surface area contributed by atoms with Gasteiger partial charge in [0.1, 0.15) is 23.1 Å². The summed E-state index contributed by atoms with van der Waals surface area (Å²) in [4.78, 5) is 39.0. The largest absolute Gasteiger partial charge is 0.368 e. The van der Waals surface area contributed by atoms with E-state index in [0.29, 0.717) is 30.9 Å². The molecule has 174 valence electrons. The number of aryl methyl sites for hydroxylation is 1. The summed E-state index contributed by atoms with van der Waals surface area (Å²) in [5.74, 6) is -0.763. The minimum absolute atomic E-state index is 0.00144. The summed E-state index contributed by atoms with van der Waals surface area (Å²) in [6.45, 7) is 6.36. The highest BCUT2D eigenvalue weighted by atomic mass is 19.1. The van der Waals surface area contributed by atoms with E-state index in [-0.39, 0.29) is 22.6 Å². The van der Waals surface area contributed by atoms with Crippen LogP contribution >= 0.6 is 0 Å². The van der Waals surface area contributed by atoms with Crippen molar-refractivity contribution in [3.05, 3.63) is 63.1 Å². The van der Waals surface area contributed by atoms with Crippen molar-refractivity contribution in [1.82, 2.24) is 25.2 Å². The molecule has 1 saturated heterocycles. The number of hydrogen-bond acceptors (Lipinski definition) is 6. The molecule has 1 aliphatic rings. The van der Waals surface area contributed by atoms with Crippen molar-refractivity contribution in [2.24, 2.45) is 0 Å². The van der Waals surface area contributed by atoms with Gasteiger partial charge >= 0.3 is 0 Å². The predicted molar refractivity (Wildman–Crippen MR) is 122 cm³/mol. The van der Waals surface area contributed by atoms with Crippen LogP contribution in [0.15, 0.2) is 29.1 Å². The number of nitrogens with one attached hydrogen (secondary N) is 2. The highest BCUT2D eigenvalue weighted by Gasteiger charge is 2.22. The fourth-order valence-corrected chi connectivity index (χ4v) is 4.10. The summed E-state index contributed by atoms with van der Waals surface area (Å²) in [5.41, 5.74) is 1.84. The first-order chi connectivity index (χ1) is 15.8. The van der Waals surface area contributed by atoms with Crippen molar-refractivity contribution < 1.29 is 13.6 Å². The maximum Gasteiger partial charge on any atom is 0.273 e. The van der Waals surface area contributed by atoms with E-state index in [1.807, 2.05) is 13.0 Å². The molecule has 0 aliphatic carbocycles. The van der Waals surface area contributed by atoms with Crippen LogP contribution < -0.4 is 15.8 Å². The third-order valence-corrected chi connectivity index (χ3v) is 5.91. The third-order valence-electron chi connectivity index (χ3n) is 5.91. The number of H-pyrrole nitrogens is 1. The summed E-state index contributed by atoms with van der Waals surface area (Å²) in [7, 11) is 1.57. The topological polar surface area (TPSA) is 94.2 Å². The molecule has 1 amide bonds. The van der Waals surface area contributed by atoms with E-state index >= 15 is 4.39 Å². The van der Waals surface area contributed by atoms with Gasteiger partial charge in [0.05, 0.1) is 16.9 Å². The number of nitrogens with zero attached hydrogens (tertiary/aromatic N) is 4. The fraction of sp³-hybridized carbons (Fsp3) is 0.391. The molecule has 2 aromatic heterocycles. The number of carbonyl (C=O) groups excluding carboxylic acids is 1. The minimum atomic E-state index is -1.53. The number of halogens is 2. The molecule has 0 bridgehead atoms. The van der Waals surface area contributed by atoms with E-state index in [9.17, 15) is 14.0 Å². The lowest BCUT2D eigenvalue weighted by atomic mass is 10.1. The molecule has 3 heterocycles. The van der Waals surface area contributed by atoms with Crippen LogP contribution in [0.4, 0.5) is 14.5 Å². The van der Waals surface area contributed by atoms with Gasteiger partial charge in [-0.25, -0.2) is 18.7 Å². The number of anilines is 1. The molecule has 1 aromatic carbocycles. The molecule has 2 N–H and O–H groups in total. The van der Waals surface area contributed by atoms with Gasteiger partial charge in [0.2, 0.25) is 0 Å². The Bertz CT molecular complexity index is 1250. The fourth-order valence-electron chi connectivity index (χ4n) is 4.10. The highest BCUT2D eigenvalue weighted by molar-refractivity contribution is 5.92. The Balaban J connectivity index is 1.46. The first-order valence-corrected chi connectivity index (χ1v) is 10.8. The number of hydrogen-bond donors (Lipinski definition) is 2. The number of fused-ring (bicyclic) bond motifs is 1. The molecule has 4 rings (SSSR count). The number of pyridine rings is 1. The Morgan fingerprint density at radius 2 is 1.91 bits per heavy atom. The second kappa shape index (κ2) is 9.22. The second-order valence-electron chi connectivity index (χ2n) is 8.14. The van der Waals surface area contributed by atoms with E-state index in [1.54, 1.807) is 25.2 Å². The first kappa shape index (κ1) is 22.8. The minimum Gasteiger partial charge on any atom is -0.368 e. The Labute approximate surface area is 189 Å². The van der Waals surface area contributed by atoms with Gasteiger partial charge in [-0.3, -0.25) is 14.5 Å². The van der Waals surface area contributed by atoms with Gasteiger partial charge in [-0.05, 0) is 32.0 Å². The average Bonchev–Trinajstić information content (AvgIpc) is 2.81. The number of rotatable bonds is 5. The van der Waals surface area contributed by atoms with E-state index < -0.39 is 17.5 Å². The molecule has 0 unspecified atom stereocenters. The maximum absolute atomic E-state index is 15.1. The summed E-state index contributed by atoms with van der Waals surface area (Å²) in [6.07, 6.45) is -1.53. The lowest BCUT2D eigenvalue weighted by molar-refractivity contribution is 0.0958. The zero-order chi connectivity index (χ0) is 23.7.